The van der Waals surface area contributed by atoms with E-state index in [-0.39, 0.29) is 23.8 Å². The molecule has 0 aliphatic carbocycles. The summed E-state index contributed by atoms with van der Waals surface area (Å²) in [4.78, 5) is 27.9. The molecule has 2 heterocycles. The van der Waals surface area contributed by atoms with E-state index < -0.39 is 0 Å². The monoisotopic (exact) mass is 294 g/mol. The first-order valence-corrected chi connectivity index (χ1v) is 7.87. The number of hydrogen-bond donors (Lipinski definition) is 1. The van der Waals surface area contributed by atoms with E-state index in [9.17, 15) is 9.59 Å². The van der Waals surface area contributed by atoms with Crippen LogP contribution in [0, 0.1) is 12.8 Å². The fraction of sp³-hybridized carbons (Fsp3) is 0.600. The molecule has 20 heavy (non-hydrogen) atoms. The summed E-state index contributed by atoms with van der Waals surface area (Å²) in [7, 11) is 1.75. The summed E-state index contributed by atoms with van der Waals surface area (Å²) >= 11 is 1.76. The minimum absolute atomic E-state index is 0.00695. The molecule has 1 aliphatic heterocycles. The second kappa shape index (κ2) is 5.95. The van der Waals surface area contributed by atoms with Crippen molar-refractivity contribution in [3.63, 3.8) is 0 Å². The van der Waals surface area contributed by atoms with E-state index in [1.165, 1.54) is 15.3 Å². The Kier molecular flexibility index (Phi) is 4.48. The topological polar surface area (TPSA) is 49.4 Å². The lowest BCUT2D eigenvalue weighted by Gasteiger charge is -2.15. The third-order valence-electron chi connectivity index (χ3n) is 3.86. The second-order valence-electron chi connectivity index (χ2n) is 5.51. The number of hydrogen-bond acceptors (Lipinski definition) is 3. The Morgan fingerprint density at radius 2 is 2.30 bits per heavy atom. The van der Waals surface area contributed by atoms with Crippen LogP contribution in [0.2, 0.25) is 0 Å². The van der Waals surface area contributed by atoms with Crippen LogP contribution in [0.5, 0.6) is 0 Å². The number of carbonyl (C=O) groups is 2. The standard InChI is InChI=1S/C15H22N2O2S/c1-5-12-9(2)6-13(20-12)10(3)16-15(19)11-7-14(18)17(4)8-11/h6,10-11H,5,7-8H2,1-4H3,(H,16,19). The van der Waals surface area contributed by atoms with Crippen LogP contribution in [-0.4, -0.2) is 30.3 Å². The minimum Gasteiger partial charge on any atom is -0.348 e. The van der Waals surface area contributed by atoms with Gasteiger partial charge in [-0.3, -0.25) is 9.59 Å². The van der Waals surface area contributed by atoms with E-state index in [0.717, 1.165) is 6.42 Å². The van der Waals surface area contributed by atoms with Crippen molar-refractivity contribution in [3.8, 4) is 0 Å². The third-order valence-corrected chi connectivity index (χ3v) is 5.42. The van der Waals surface area contributed by atoms with Gasteiger partial charge >= 0.3 is 0 Å². The van der Waals surface area contributed by atoms with Crippen LogP contribution in [0.15, 0.2) is 6.07 Å². The molecule has 1 saturated heterocycles. The van der Waals surface area contributed by atoms with Gasteiger partial charge in [0, 0.05) is 29.8 Å². The van der Waals surface area contributed by atoms with E-state index in [1.807, 2.05) is 6.92 Å². The molecule has 1 fully saturated rings. The molecule has 2 rings (SSSR count). The van der Waals surface area contributed by atoms with E-state index in [4.69, 9.17) is 0 Å². The Balaban J connectivity index is 1.98. The maximum absolute atomic E-state index is 12.2. The number of nitrogens with one attached hydrogen (secondary N) is 1. The number of nitrogens with zero attached hydrogens (tertiary/aromatic N) is 1. The largest absolute Gasteiger partial charge is 0.348 e. The molecule has 1 N–H and O–H groups in total. The summed E-state index contributed by atoms with van der Waals surface area (Å²) in [6, 6.07) is 2.16. The molecule has 1 aromatic heterocycles. The average molecular weight is 294 g/mol. The summed E-state index contributed by atoms with van der Waals surface area (Å²) in [6.07, 6.45) is 1.36. The SMILES string of the molecule is CCc1sc(C(C)NC(=O)C2CC(=O)N(C)C2)cc1C. The zero-order valence-corrected chi connectivity index (χ0v) is 13.3. The van der Waals surface area contributed by atoms with Gasteiger partial charge in [0.15, 0.2) is 0 Å². The number of amides is 2. The summed E-state index contributed by atoms with van der Waals surface area (Å²) < 4.78 is 0. The molecule has 0 radical (unpaired) electrons. The highest BCUT2D eigenvalue weighted by Crippen LogP contribution is 2.28. The maximum Gasteiger partial charge on any atom is 0.225 e. The van der Waals surface area contributed by atoms with Crippen LogP contribution in [0.3, 0.4) is 0 Å². The Bertz CT molecular complexity index is 524. The molecule has 2 amide bonds. The molecule has 0 bridgehead atoms. The number of rotatable bonds is 4. The Hall–Kier alpha value is -1.36. The fourth-order valence-corrected chi connectivity index (χ4v) is 3.67. The molecule has 0 saturated carbocycles. The van der Waals surface area contributed by atoms with Crippen LogP contribution >= 0.6 is 11.3 Å². The fourth-order valence-electron chi connectivity index (χ4n) is 2.55. The van der Waals surface area contributed by atoms with Gasteiger partial charge in [0.2, 0.25) is 11.8 Å². The Morgan fingerprint density at radius 1 is 1.60 bits per heavy atom. The summed E-state index contributed by atoms with van der Waals surface area (Å²) in [5.74, 6) is -0.168. The molecule has 0 aromatic carbocycles. The molecule has 1 aliphatic rings. The van der Waals surface area contributed by atoms with Gasteiger partial charge in [-0.05, 0) is 31.9 Å². The van der Waals surface area contributed by atoms with Crippen molar-refractivity contribution in [1.29, 1.82) is 0 Å². The van der Waals surface area contributed by atoms with Crippen molar-refractivity contribution in [1.82, 2.24) is 10.2 Å². The zero-order chi connectivity index (χ0) is 14.9. The highest BCUT2D eigenvalue weighted by Gasteiger charge is 2.32. The molecule has 5 heteroatoms. The normalized spacial score (nSPS) is 20.3. The van der Waals surface area contributed by atoms with Gasteiger partial charge in [0.05, 0.1) is 12.0 Å². The Labute approximate surface area is 124 Å². The van der Waals surface area contributed by atoms with E-state index in [1.54, 1.807) is 23.3 Å². The van der Waals surface area contributed by atoms with Crippen molar-refractivity contribution in [3.05, 3.63) is 21.4 Å². The smallest absolute Gasteiger partial charge is 0.225 e. The lowest BCUT2D eigenvalue weighted by molar-refractivity contribution is -0.128. The van der Waals surface area contributed by atoms with E-state index >= 15 is 0 Å². The molecular weight excluding hydrogens is 272 g/mol. The summed E-state index contributed by atoms with van der Waals surface area (Å²) in [5, 5.41) is 3.04. The number of thiophene rings is 1. The first-order valence-electron chi connectivity index (χ1n) is 7.05. The van der Waals surface area contributed by atoms with Crippen LogP contribution in [-0.2, 0) is 16.0 Å². The van der Waals surface area contributed by atoms with E-state index in [2.05, 4.69) is 25.2 Å². The molecular formula is C15H22N2O2S. The molecule has 4 nitrogen and oxygen atoms in total. The van der Waals surface area contributed by atoms with Gasteiger partial charge in [0.25, 0.3) is 0 Å². The maximum atomic E-state index is 12.2. The van der Waals surface area contributed by atoms with Crippen molar-refractivity contribution in [2.45, 2.75) is 39.7 Å². The minimum atomic E-state index is -0.207. The van der Waals surface area contributed by atoms with Crippen molar-refractivity contribution < 1.29 is 9.59 Å². The predicted octanol–water partition coefficient (Wildman–Crippen LogP) is 2.27. The predicted molar refractivity (Wildman–Crippen MR) is 80.7 cm³/mol. The first-order chi connectivity index (χ1) is 9.42. The Morgan fingerprint density at radius 3 is 2.80 bits per heavy atom. The van der Waals surface area contributed by atoms with Gasteiger partial charge in [-0.25, -0.2) is 0 Å². The first kappa shape index (κ1) is 15.0. The number of aryl methyl sites for hydroxylation is 2. The van der Waals surface area contributed by atoms with Gasteiger partial charge in [-0.15, -0.1) is 11.3 Å². The highest BCUT2D eigenvalue weighted by atomic mass is 32.1. The van der Waals surface area contributed by atoms with Crippen molar-refractivity contribution in [2.24, 2.45) is 5.92 Å². The highest BCUT2D eigenvalue weighted by molar-refractivity contribution is 7.12. The van der Waals surface area contributed by atoms with Gasteiger partial charge in [-0.2, -0.15) is 0 Å². The lowest BCUT2D eigenvalue weighted by Crippen LogP contribution is -2.33. The molecule has 2 atom stereocenters. The number of carbonyl (C=O) groups excluding carboxylic acids is 2. The summed E-state index contributed by atoms with van der Waals surface area (Å²) in [5.41, 5.74) is 1.30. The average Bonchev–Trinajstić information content (AvgIpc) is 2.93. The third kappa shape index (κ3) is 3.03. The van der Waals surface area contributed by atoms with Crippen LogP contribution in [0.4, 0.5) is 0 Å². The van der Waals surface area contributed by atoms with Gasteiger partial charge in [0.1, 0.15) is 0 Å². The lowest BCUT2D eigenvalue weighted by atomic mass is 10.1. The second-order valence-corrected chi connectivity index (χ2v) is 6.68. The number of likely N-dealkylation sites (tertiary alicyclic amines) is 1. The van der Waals surface area contributed by atoms with Crippen molar-refractivity contribution >= 4 is 23.2 Å². The molecule has 0 spiro atoms. The molecule has 2 unspecified atom stereocenters. The van der Waals surface area contributed by atoms with Gasteiger partial charge in [-0.1, -0.05) is 6.92 Å². The van der Waals surface area contributed by atoms with Crippen LogP contribution in [0.1, 0.15) is 41.6 Å². The molecule has 1 aromatic rings. The zero-order valence-electron chi connectivity index (χ0n) is 12.5. The quantitative estimate of drug-likeness (QED) is 0.926. The van der Waals surface area contributed by atoms with E-state index in [0.29, 0.717) is 13.0 Å². The van der Waals surface area contributed by atoms with Gasteiger partial charge < -0.3 is 10.2 Å². The summed E-state index contributed by atoms with van der Waals surface area (Å²) in [6.45, 7) is 6.79. The molecule has 110 valence electrons. The van der Waals surface area contributed by atoms with Crippen LogP contribution < -0.4 is 5.32 Å². The van der Waals surface area contributed by atoms with Crippen molar-refractivity contribution in [2.75, 3.05) is 13.6 Å². The van der Waals surface area contributed by atoms with Crippen LogP contribution in [0.25, 0.3) is 0 Å².